The van der Waals surface area contributed by atoms with E-state index in [-0.39, 0.29) is 18.2 Å². The number of carbonyl (C=O) groups is 1. The summed E-state index contributed by atoms with van der Waals surface area (Å²) in [5.74, 6) is 1.83. The Morgan fingerprint density at radius 1 is 1.43 bits per heavy atom. The van der Waals surface area contributed by atoms with Gasteiger partial charge in [-0.1, -0.05) is 6.07 Å². The first kappa shape index (κ1) is 13.9. The van der Waals surface area contributed by atoms with E-state index in [0.29, 0.717) is 18.2 Å². The second-order valence-electron chi connectivity index (χ2n) is 5.83. The van der Waals surface area contributed by atoms with E-state index in [2.05, 4.69) is 5.32 Å². The van der Waals surface area contributed by atoms with Crippen molar-refractivity contribution >= 4 is 12.0 Å². The van der Waals surface area contributed by atoms with Crippen LogP contribution in [-0.4, -0.2) is 24.8 Å². The Hall–Kier alpha value is -2.01. The van der Waals surface area contributed by atoms with Gasteiger partial charge in [0.15, 0.2) is 11.5 Å². The number of rotatable bonds is 5. The van der Waals surface area contributed by atoms with Gasteiger partial charge in [0.05, 0.1) is 5.54 Å². The van der Waals surface area contributed by atoms with Crippen molar-refractivity contribution in [2.45, 2.75) is 25.3 Å². The van der Waals surface area contributed by atoms with Crippen LogP contribution in [0, 0.1) is 5.92 Å². The van der Waals surface area contributed by atoms with Crippen molar-refractivity contribution in [1.82, 2.24) is 5.32 Å². The predicted molar refractivity (Wildman–Crippen MR) is 79.9 cm³/mol. The fourth-order valence-corrected chi connectivity index (χ4v) is 2.55. The van der Waals surface area contributed by atoms with Crippen molar-refractivity contribution < 1.29 is 14.3 Å². The van der Waals surface area contributed by atoms with E-state index in [1.54, 1.807) is 6.08 Å². The highest BCUT2D eigenvalue weighted by atomic mass is 16.7. The van der Waals surface area contributed by atoms with E-state index < -0.39 is 0 Å². The molecule has 1 aliphatic heterocycles. The molecule has 2 aliphatic rings. The number of hydrogen-bond donors (Lipinski definition) is 2. The molecule has 1 atom stereocenters. The largest absolute Gasteiger partial charge is 0.454 e. The summed E-state index contributed by atoms with van der Waals surface area (Å²) in [7, 11) is 0. The molecule has 1 aromatic carbocycles. The second kappa shape index (κ2) is 5.41. The molecule has 1 amide bonds. The maximum absolute atomic E-state index is 12.0. The van der Waals surface area contributed by atoms with E-state index in [9.17, 15) is 4.79 Å². The molecule has 1 aromatic rings. The number of nitrogens with one attached hydrogen (secondary N) is 1. The van der Waals surface area contributed by atoms with Crippen LogP contribution in [0.25, 0.3) is 6.08 Å². The van der Waals surface area contributed by atoms with Gasteiger partial charge in [-0.25, -0.2) is 0 Å². The average Bonchev–Trinajstić information content (AvgIpc) is 3.24. The normalized spacial score (nSPS) is 19.5. The maximum Gasteiger partial charge on any atom is 0.244 e. The third-order valence-corrected chi connectivity index (χ3v) is 4.13. The van der Waals surface area contributed by atoms with Crippen molar-refractivity contribution in [3.05, 3.63) is 29.8 Å². The summed E-state index contributed by atoms with van der Waals surface area (Å²) in [6.07, 6.45) is 5.58. The lowest BCUT2D eigenvalue weighted by Crippen LogP contribution is -2.52. The van der Waals surface area contributed by atoms with E-state index >= 15 is 0 Å². The smallest absolute Gasteiger partial charge is 0.244 e. The Bertz CT molecular complexity index is 581. The van der Waals surface area contributed by atoms with E-state index in [1.165, 1.54) is 6.08 Å². The third kappa shape index (κ3) is 3.03. The van der Waals surface area contributed by atoms with Crippen molar-refractivity contribution in [3.63, 3.8) is 0 Å². The Balaban J connectivity index is 1.64. The van der Waals surface area contributed by atoms with Crippen LogP contribution in [0.5, 0.6) is 11.5 Å². The maximum atomic E-state index is 12.0. The van der Waals surface area contributed by atoms with Crippen LogP contribution in [0.15, 0.2) is 24.3 Å². The molecule has 21 heavy (non-hydrogen) atoms. The third-order valence-electron chi connectivity index (χ3n) is 4.13. The molecule has 0 aromatic heterocycles. The molecule has 1 aliphatic carbocycles. The molecular formula is C16H20N2O3. The molecule has 3 rings (SSSR count). The molecule has 1 unspecified atom stereocenters. The summed E-state index contributed by atoms with van der Waals surface area (Å²) in [5, 5.41) is 3.02. The van der Waals surface area contributed by atoms with Crippen LogP contribution < -0.4 is 20.5 Å². The minimum Gasteiger partial charge on any atom is -0.454 e. The summed E-state index contributed by atoms with van der Waals surface area (Å²) in [6, 6.07) is 5.59. The zero-order chi connectivity index (χ0) is 14.9. The van der Waals surface area contributed by atoms with Crippen LogP contribution in [0.4, 0.5) is 0 Å². The minimum absolute atomic E-state index is 0.118. The second-order valence-corrected chi connectivity index (χ2v) is 5.83. The zero-order valence-electron chi connectivity index (χ0n) is 12.1. The van der Waals surface area contributed by atoms with Gasteiger partial charge < -0.3 is 20.5 Å². The summed E-state index contributed by atoms with van der Waals surface area (Å²) >= 11 is 0. The Morgan fingerprint density at radius 3 is 2.90 bits per heavy atom. The summed E-state index contributed by atoms with van der Waals surface area (Å²) in [4.78, 5) is 12.0. The molecule has 3 N–H and O–H groups in total. The number of hydrogen-bond acceptors (Lipinski definition) is 4. The lowest BCUT2D eigenvalue weighted by atomic mass is 9.96. The number of nitrogens with two attached hydrogens (primary N) is 1. The van der Waals surface area contributed by atoms with Gasteiger partial charge in [-0.2, -0.15) is 0 Å². The molecule has 0 spiro atoms. The highest BCUT2D eigenvalue weighted by Crippen LogP contribution is 2.39. The molecule has 0 bridgehead atoms. The summed E-state index contributed by atoms with van der Waals surface area (Å²) in [5.41, 5.74) is 6.40. The number of benzene rings is 1. The molecule has 1 fully saturated rings. The standard InChI is InChI=1S/C16H20N2O3/c1-16(9-17,12-4-5-12)18-15(19)7-3-11-2-6-13-14(8-11)21-10-20-13/h2-3,6-8,12H,4-5,9-10,17H2,1H3,(H,18,19)/b7-3+. The first-order chi connectivity index (χ1) is 10.1. The van der Waals surface area contributed by atoms with Crippen LogP contribution >= 0.6 is 0 Å². The molecule has 1 heterocycles. The topological polar surface area (TPSA) is 73.6 Å². The molecule has 112 valence electrons. The van der Waals surface area contributed by atoms with Gasteiger partial charge in [0.2, 0.25) is 12.7 Å². The average molecular weight is 288 g/mol. The number of fused-ring (bicyclic) bond motifs is 1. The lowest BCUT2D eigenvalue weighted by molar-refractivity contribution is -0.118. The van der Waals surface area contributed by atoms with Crippen molar-refractivity contribution in [2.24, 2.45) is 11.7 Å². The lowest BCUT2D eigenvalue weighted by Gasteiger charge is -2.28. The quantitative estimate of drug-likeness (QED) is 0.808. The van der Waals surface area contributed by atoms with Crippen LogP contribution in [0.1, 0.15) is 25.3 Å². The minimum atomic E-state index is -0.295. The molecule has 5 heteroatoms. The van der Waals surface area contributed by atoms with Gasteiger partial charge in [-0.15, -0.1) is 0 Å². The van der Waals surface area contributed by atoms with Crippen molar-refractivity contribution in [3.8, 4) is 11.5 Å². The van der Waals surface area contributed by atoms with Crippen molar-refractivity contribution in [1.29, 1.82) is 0 Å². The van der Waals surface area contributed by atoms with E-state index in [4.69, 9.17) is 15.2 Å². The summed E-state index contributed by atoms with van der Waals surface area (Å²) < 4.78 is 10.6. The van der Waals surface area contributed by atoms with E-state index in [0.717, 1.165) is 24.2 Å². The Morgan fingerprint density at radius 2 is 2.19 bits per heavy atom. The molecule has 1 saturated carbocycles. The fraction of sp³-hybridized carbons (Fsp3) is 0.438. The monoisotopic (exact) mass is 288 g/mol. The van der Waals surface area contributed by atoms with Gasteiger partial charge in [0.25, 0.3) is 0 Å². The van der Waals surface area contributed by atoms with E-state index in [1.807, 2.05) is 25.1 Å². The zero-order valence-corrected chi connectivity index (χ0v) is 12.1. The van der Waals surface area contributed by atoms with Gasteiger partial charge in [-0.05, 0) is 49.5 Å². The highest BCUT2D eigenvalue weighted by Gasteiger charge is 2.41. The van der Waals surface area contributed by atoms with Crippen LogP contribution in [-0.2, 0) is 4.79 Å². The number of carbonyl (C=O) groups excluding carboxylic acids is 1. The molecule has 5 nitrogen and oxygen atoms in total. The highest BCUT2D eigenvalue weighted by molar-refractivity contribution is 5.92. The number of amides is 1. The van der Waals surface area contributed by atoms with Crippen LogP contribution in [0.3, 0.4) is 0 Å². The Kier molecular flexibility index (Phi) is 3.59. The molecule has 0 radical (unpaired) electrons. The first-order valence-electron chi connectivity index (χ1n) is 7.21. The molecular weight excluding hydrogens is 268 g/mol. The van der Waals surface area contributed by atoms with Gasteiger partial charge in [-0.3, -0.25) is 4.79 Å². The van der Waals surface area contributed by atoms with Gasteiger partial charge >= 0.3 is 0 Å². The fourth-order valence-electron chi connectivity index (χ4n) is 2.55. The van der Waals surface area contributed by atoms with Crippen molar-refractivity contribution in [2.75, 3.05) is 13.3 Å². The number of ether oxygens (including phenoxy) is 2. The predicted octanol–water partition coefficient (Wildman–Crippen LogP) is 1.67. The molecule has 0 saturated heterocycles. The summed E-state index contributed by atoms with van der Waals surface area (Å²) in [6.45, 7) is 2.72. The van der Waals surface area contributed by atoms with Crippen LogP contribution in [0.2, 0.25) is 0 Å². The van der Waals surface area contributed by atoms with Gasteiger partial charge in [0.1, 0.15) is 0 Å². The van der Waals surface area contributed by atoms with Gasteiger partial charge in [0, 0.05) is 12.6 Å². The SMILES string of the molecule is CC(CN)(NC(=O)/C=C/c1ccc2c(c1)OCO2)C1CC1. The first-order valence-corrected chi connectivity index (χ1v) is 7.21. The Labute approximate surface area is 124 Å².